The highest BCUT2D eigenvalue weighted by Gasteiger charge is 2.31. The van der Waals surface area contributed by atoms with E-state index in [0.29, 0.717) is 31.2 Å². The summed E-state index contributed by atoms with van der Waals surface area (Å²) in [5.74, 6) is -0.374. The van der Waals surface area contributed by atoms with Crippen LogP contribution in [0, 0.1) is 0 Å². The van der Waals surface area contributed by atoms with E-state index in [0.717, 1.165) is 10.7 Å². The lowest BCUT2D eigenvalue weighted by Gasteiger charge is -2.34. The molecule has 2 aromatic carbocycles. The lowest BCUT2D eigenvalue weighted by Crippen LogP contribution is -2.51. The lowest BCUT2D eigenvalue weighted by atomic mass is 10.3. The standard InChI is InChI=1S/C19H19Cl2N3O4S/c20-15-6-7-18(17(21)12-15)24(29(27,28)16-4-2-1-3-5-16)13-19(26)23-10-8-22(14-25)9-11-23/h1-7,12,14H,8-11,13H2. The van der Waals surface area contributed by atoms with E-state index in [1.54, 1.807) is 23.1 Å². The van der Waals surface area contributed by atoms with Crippen LogP contribution in [0.25, 0.3) is 0 Å². The molecule has 1 fully saturated rings. The Bertz CT molecular complexity index is 994. The smallest absolute Gasteiger partial charge is 0.264 e. The molecule has 0 N–H and O–H groups in total. The SMILES string of the molecule is O=CN1CCN(C(=O)CN(c2ccc(Cl)cc2Cl)S(=O)(=O)c2ccccc2)CC1. The molecule has 0 bridgehead atoms. The van der Waals surface area contributed by atoms with Gasteiger partial charge < -0.3 is 9.80 Å². The van der Waals surface area contributed by atoms with Crippen molar-refractivity contribution in [2.75, 3.05) is 37.0 Å². The second-order valence-electron chi connectivity index (χ2n) is 6.44. The van der Waals surface area contributed by atoms with Crippen LogP contribution in [0.3, 0.4) is 0 Å². The first-order valence-corrected chi connectivity index (χ1v) is 11.0. The van der Waals surface area contributed by atoms with Crippen LogP contribution in [0.4, 0.5) is 5.69 Å². The highest BCUT2D eigenvalue weighted by molar-refractivity contribution is 7.92. The molecule has 29 heavy (non-hydrogen) atoms. The zero-order valence-corrected chi connectivity index (χ0v) is 17.7. The molecule has 0 saturated carbocycles. The van der Waals surface area contributed by atoms with Gasteiger partial charge in [0, 0.05) is 31.2 Å². The van der Waals surface area contributed by atoms with Crippen molar-refractivity contribution < 1.29 is 18.0 Å². The molecule has 1 aliphatic heterocycles. The second kappa shape index (κ2) is 9.02. The first-order chi connectivity index (χ1) is 13.8. The monoisotopic (exact) mass is 455 g/mol. The molecule has 2 aromatic rings. The molecule has 1 saturated heterocycles. The Kier molecular flexibility index (Phi) is 6.66. The molecule has 154 valence electrons. The van der Waals surface area contributed by atoms with Gasteiger partial charge in [0.25, 0.3) is 10.0 Å². The minimum Gasteiger partial charge on any atom is -0.342 e. The second-order valence-corrected chi connectivity index (χ2v) is 9.15. The van der Waals surface area contributed by atoms with E-state index >= 15 is 0 Å². The molecule has 0 atom stereocenters. The number of sulfonamides is 1. The first-order valence-electron chi connectivity index (χ1n) is 8.83. The van der Waals surface area contributed by atoms with Gasteiger partial charge in [0.2, 0.25) is 12.3 Å². The van der Waals surface area contributed by atoms with Gasteiger partial charge in [0.1, 0.15) is 6.54 Å². The Morgan fingerprint density at radius 2 is 1.69 bits per heavy atom. The molecule has 2 amide bonds. The molecule has 1 heterocycles. The van der Waals surface area contributed by atoms with Crippen LogP contribution in [0.1, 0.15) is 0 Å². The normalized spacial score (nSPS) is 14.6. The lowest BCUT2D eigenvalue weighted by molar-refractivity contribution is -0.133. The number of amides is 2. The average molecular weight is 456 g/mol. The number of anilines is 1. The highest BCUT2D eigenvalue weighted by Crippen LogP contribution is 2.32. The fourth-order valence-corrected chi connectivity index (χ4v) is 5.02. The molecule has 0 spiro atoms. The Labute approximate surface area is 179 Å². The van der Waals surface area contributed by atoms with Crippen molar-refractivity contribution in [3.63, 3.8) is 0 Å². The van der Waals surface area contributed by atoms with Gasteiger partial charge in [-0.2, -0.15) is 0 Å². The van der Waals surface area contributed by atoms with Gasteiger partial charge in [-0.25, -0.2) is 8.42 Å². The molecule has 0 radical (unpaired) electrons. The number of hydrogen-bond acceptors (Lipinski definition) is 4. The Morgan fingerprint density at radius 3 is 2.28 bits per heavy atom. The van der Waals surface area contributed by atoms with Gasteiger partial charge in [-0.15, -0.1) is 0 Å². The van der Waals surface area contributed by atoms with Crippen molar-refractivity contribution >= 4 is 51.2 Å². The topological polar surface area (TPSA) is 78.0 Å². The first kappa shape index (κ1) is 21.4. The Balaban J connectivity index is 1.93. The highest BCUT2D eigenvalue weighted by atomic mass is 35.5. The number of carbonyl (C=O) groups is 2. The van der Waals surface area contributed by atoms with Crippen LogP contribution in [0.15, 0.2) is 53.4 Å². The van der Waals surface area contributed by atoms with E-state index in [1.807, 2.05) is 0 Å². The van der Waals surface area contributed by atoms with Gasteiger partial charge in [-0.05, 0) is 30.3 Å². The van der Waals surface area contributed by atoms with Gasteiger partial charge >= 0.3 is 0 Å². The minimum absolute atomic E-state index is 0.0459. The quantitative estimate of drug-likeness (QED) is 0.626. The summed E-state index contributed by atoms with van der Waals surface area (Å²) in [6, 6.07) is 12.3. The van der Waals surface area contributed by atoms with Crippen molar-refractivity contribution in [1.29, 1.82) is 0 Å². The third-order valence-corrected chi connectivity index (χ3v) is 6.92. The maximum absolute atomic E-state index is 13.3. The maximum Gasteiger partial charge on any atom is 0.264 e. The predicted octanol–water partition coefficient (Wildman–Crippen LogP) is 2.49. The number of nitrogens with zero attached hydrogens (tertiary/aromatic N) is 3. The van der Waals surface area contributed by atoms with Crippen molar-refractivity contribution in [1.82, 2.24) is 9.80 Å². The van der Waals surface area contributed by atoms with Crippen molar-refractivity contribution in [3.05, 3.63) is 58.6 Å². The molecular weight excluding hydrogens is 437 g/mol. The van der Waals surface area contributed by atoms with E-state index in [4.69, 9.17) is 23.2 Å². The van der Waals surface area contributed by atoms with Crippen LogP contribution in [0.5, 0.6) is 0 Å². The molecule has 0 aromatic heterocycles. The molecule has 1 aliphatic rings. The van der Waals surface area contributed by atoms with Gasteiger partial charge in [-0.1, -0.05) is 41.4 Å². The summed E-state index contributed by atoms with van der Waals surface area (Å²) in [5, 5.41) is 0.475. The fourth-order valence-electron chi connectivity index (χ4n) is 3.00. The largest absolute Gasteiger partial charge is 0.342 e. The number of hydrogen-bond donors (Lipinski definition) is 0. The Morgan fingerprint density at radius 1 is 1.03 bits per heavy atom. The van der Waals surface area contributed by atoms with Gasteiger partial charge in [-0.3, -0.25) is 13.9 Å². The number of carbonyl (C=O) groups excluding carboxylic acids is 2. The fraction of sp³-hybridized carbons (Fsp3) is 0.263. The maximum atomic E-state index is 13.3. The van der Waals surface area contributed by atoms with E-state index < -0.39 is 16.6 Å². The zero-order chi connectivity index (χ0) is 21.0. The van der Waals surface area contributed by atoms with Crippen LogP contribution in [-0.2, 0) is 19.6 Å². The van der Waals surface area contributed by atoms with Crippen LogP contribution in [0.2, 0.25) is 10.0 Å². The van der Waals surface area contributed by atoms with Gasteiger partial charge in [0.15, 0.2) is 0 Å². The number of rotatable bonds is 6. The summed E-state index contributed by atoms with van der Waals surface area (Å²) >= 11 is 12.2. The van der Waals surface area contributed by atoms with E-state index in [1.165, 1.54) is 35.2 Å². The summed E-state index contributed by atoms with van der Waals surface area (Å²) in [6.07, 6.45) is 0.738. The zero-order valence-electron chi connectivity index (χ0n) is 15.4. The predicted molar refractivity (Wildman–Crippen MR) is 112 cm³/mol. The average Bonchev–Trinajstić information content (AvgIpc) is 2.73. The van der Waals surface area contributed by atoms with E-state index in [-0.39, 0.29) is 21.5 Å². The van der Waals surface area contributed by atoms with E-state index in [9.17, 15) is 18.0 Å². The van der Waals surface area contributed by atoms with Crippen LogP contribution < -0.4 is 4.31 Å². The molecular formula is C19H19Cl2N3O4S. The summed E-state index contributed by atoms with van der Waals surface area (Å²) in [6.45, 7) is 1.07. The van der Waals surface area contributed by atoms with Crippen LogP contribution in [-0.4, -0.2) is 63.3 Å². The van der Waals surface area contributed by atoms with Crippen LogP contribution >= 0.6 is 23.2 Å². The van der Waals surface area contributed by atoms with Crippen molar-refractivity contribution in [2.45, 2.75) is 4.90 Å². The summed E-state index contributed by atoms with van der Waals surface area (Å²) in [5.41, 5.74) is 0.166. The van der Waals surface area contributed by atoms with Crippen molar-refractivity contribution in [3.8, 4) is 0 Å². The van der Waals surface area contributed by atoms with Crippen molar-refractivity contribution in [2.24, 2.45) is 0 Å². The third kappa shape index (κ3) is 4.83. The molecule has 10 heteroatoms. The number of benzene rings is 2. The number of halogens is 2. The van der Waals surface area contributed by atoms with Gasteiger partial charge in [0.05, 0.1) is 15.6 Å². The minimum atomic E-state index is -4.05. The Hall–Kier alpha value is -2.29. The molecule has 7 nitrogen and oxygen atoms in total. The summed E-state index contributed by atoms with van der Waals surface area (Å²) < 4.78 is 27.6. The summed E-state index contributed by atoms with van der Waals surface area (Å²) in [4.78, 5) is 26.9. The third-order valence-electron chi connectivity index (χ3n) is 4.60. The number of piperazine rings is 1. The summed E-state index contributed by atoms with van der Waals surface area (Å²) in [7, 11) is -4.05. The molecule has 0 aliphatic carbocycles. The molecule has 0 unspecified atom stereocenters. The van der Waals surface area contributed by atoms with E-state index in [2.05, 4.69) is 0 Å². The molecule has 3 rings (SSSR count).